The van der Waals surface area contributed by atoms with Crippen molar-refractivity contribution in [2.45, 2.75) is 124 Å². The fourth-order valence-electron chi connectivity index (χ4n) is 15.2. The van der Waals surface area contributed by atoms with Crippen molar-refractivity contribution in [1.82, 2.24) is 40.4 Å². The summed E-state index contributed by atoms with van der Waals surface area (Å²) in [6.45, 7) is 10.6. The highest BCUT2D eigenvalue weighted by Crippen LogP contribution is 2.67. The predicted molar refractivity (Wildman–Crippen MR) is 360 cm³/mol. The number of alkyl halides is 2. The number of para-hydroxylation sites is 1. The number of H-pyrrole nitrogens is 2. The van der Waals surface area contributed by atoms with Crippen LogP contribution in [0.3, 0.4) is 0 Å². The molecule has 3 amide bonds. The van der Waals surface area contributed by atoms with Crippen LogP contribution in [0.5, 0.6) is 5.75 Å². The molecule has 5 aliphatic heterocycles. The maximum absolute atomic E-state index is 15.2. The van der Waals surface area contributed by atoms with E-state index >= 15 is 4.79 Å². The van der Waals surface area contributed by atoms with Gasteiger partial charge in [0.15, 0.2) is 17.1 Å². The SMILES string of the molecule is CCOC(N)=O.CC[C@]1(O)C[C@H]2C[N@](CCc3c([nH]c4ccccc34)[C@@](C(=O)OC)(c3cc4c(cc3OC)N(C)[C@H]3[C@@](O)(C(N)=O)[C@H](O)[C@]5(CC)C=CCN6CC[C@]43[C@@H]65)C2)C1.CN(C)/N=N/c1[nH]cnc1C(N)=O.O=S(=O)(O)O.O[C@@H]([C@H](O)[C@H](O)CNCCCl)[C@H](O)CNCCCl. The fraction of sp³-hybridized carbons (Fsp3) is 0.629. The summed E-state index contributed by atoms with van der Waals surface area (Å²) in [4.78, 5) is 65.9. The summed E-state index contributed by atoms with van der Waals surface area (Å²) >= 11 is 10.9. The Morgan fingerprint density at radius 1 is 0.907 bits per heavy atom. The number of rotatable bonds is 21. The van der Waals surface area contributed by atoms with Crippen molar-refractivity contribution < 1.29 is 86.7 Å². The van der Waals surface area contributed by atoms with Gasteiger partial charge in [0.1, 0.15) is 29.5 Å². The topological polar surface area (TPSA) is 496 Å². The minimum absolute atomic E-state index is 0.0790. The standard InChI is InChI=1S/C43H55N5O7.C10H22Cl2N2O4.C6H10N6O.C3H7NO2.H2O4S/c1-6-39(52)21-25-22-42(38(51)55-5,33-27(13-17-47(23-25)24-39)26-11-8-9-12-30(26)45-33)29-19-28-31(20-32(29)54-4)46(3)35-41(28)15-18-48-16-10-14-40(7-2,34(41)48)36(49)43(35,53)37(44)50;11-1-3-13-5-7(15)9(17)10(18)8(16)6-14-4-2-12;1-12(2)11-10-6-4(5(7)13)8-3-9-6;1-2-6-3(4)5;1-5(2,3)4/h8-12,14,19-20,25,34-36,45,49,52-53H,6-7,13,15-18,21-24H2,1-5H3,(H2,44,50);7-10,13-18H,1-6H2;3H,1-2H3,(H2,7,13)(H,8,9);2H2,1H3,(H2,4,5);(H2,1,2,3,4)/b;;11-10+;;/t25-,34+,35-,36-,39+,40-,41-,42+,43+;7-,8-,9-,10-;;;/m11.../s1. The zero-order valence-corrected chi connectivity index (χ0v) is 58.1. The Kier molecular flexibility index (Phi) is 27.6. The Labute approximate surface area is 573 Å². The summed E-state index contributed by atoms with van der Waals surface area (Å²) in [5.74, 6) is -0.596. The molecule has 97 heavy (non-hydrogen) atoms. The first-order chi connectivity index (χ1) is 45.7. The summed E-state index contributed by atoms with van der Waals surface area (Å²) in [7, 11) is 3.65. The van der Waals surface area contributed by atoms with Crippen LogP contribution in [0.25, 0.3) is 10.9 Å². The van der Waals surface area contributed by atoms with Gasteiger partial charge < -0.3 is 92.7 Å². The van der Waals surface area contributed by atoms with Gasteiger partial charge in [0.05, 0.1) is 51.0 Å². The summed E-state index contributed by atoms with van der Waals surface area (Å²) in [5, 5.41) is 90.8. The van der Waals surface area contributed by atoms with Crippen LogP contribution in [0, 0.1) is 11.3 Å². The molecule has 35 heteroatoms. The van der Waals surface area contributed by atoms with Crippen LogP contribution in [0.2, 0.25) is 0 Å². The van der Waals surface area contributed by atoms with E-state index in [9.17, 15) is 50.1 Å². The summed E-state index contributed by atoms with van der Waals surface area (Å²) in [5.41, 5.74) is 14.4. The molecule has 6 aliphatic rings. The second kappa shape index (κ2) is 33.7. The van der Waals surface area contributed by atoms with Crippen LogP contribution in [0.15, 0.2) is 65.2 Å². The highest BCUT2D eigenvalue weighted by atomic mass is 35.5. The van der Waals surface area contributed by atoms with Gasteiger partial charge in [-0.3, -0.25) is 38.3 Å². The van der Waals surface area contributed by atoms with Crippen molar-refractivity contribution in [3.05, 3.63) is 83.0 Å². The zero-order chi connectivity index (χ0) is 72.2. The van der Waals surface area contributed by atoms with Gasteiger partial charge in [-0.05, 0) is 81.2 Å². The quantitative estimate of drug-likeness (QED) is 0.0102. The average Bonchev–Trinajstić information content (AvgIpc) is 1.51. The van der Waals surface area contributed by atoms with Crippen molar-refractivity contribution in [2.75, 3.05) is 118 Å². The van der Waals surface area contributed by atoms with Crippen molar-refractivity contribution in [3.63, 3.8) is 0 Å². The number of aliphatic hydroxyl groups excluding tert-OH is 5. The maximum Gasteiger partial charge on any atom is 0.404 e. The van der Waals surface area contributed by atoms with Gasteiger partial charge in [0.25, 0.3) is 11.8 Å². The number of halogens is 2. The molecule has 2 saturated heterocycles. The van der Waals surface area contributed by atoms with E-state index in [-0.39, 0.29) is 36.6 Å². The molecule has 32 nitrogen and oxygen atoms in total. The largest absolute Gasteiger partial charge is 0.496 e. The predicted octanol–water partition coefficient (Wildman–Crippen LogP) is 0.337. The number of hydrogen-bond donors (Lipinski definition) is 16. The first kappa shape index (κ1) is 79.6. The third kappa shape index (κ3) is 16.9. The number of aromatic nitrogens is 3. The third-order valence-corrected chi connectivity index (χ3v) is 19.5. The number of esters is 1. The Bertz CT molecular complexity index is 3490. The van der Waals surface area contributed by atoms with Crippen molar-refractivity contribution in [3.8, 4) is 5.75 Å². The number of imidazole rings is 1. The Balaban J connectivity index is 0.000000287. The summed E-state index contributed by atoms with van der Waals surface area (Å²) < 4.78 is 48.0. The van der Waals surface area contributed by atoms with E-state index in [1.165, 1.54) is 18.4 Å². The lowest BCUT2D eigenvalue weighted by Crippen LogP contribution is -2.81. The zero-order valence-electron chi connectivity index (χ0n) is 55.8. The monoisotopic (exact) mass is 1430 g/mol. The van der Waals surface area contributed by atoms with E-state index in [0.717, 1.165) is 46.5 Å². The van der Waals surface area contributed by atoms with Gasteiger partial charge in [-0.1, -0.05) is 49.4 Å². The molecule has 3 fully saturated rings. The van der Waals surface area contributed by atoms with E-state index in [4.69, 9.17) is 61.7 Å². The molecule has 7 heterocycles. The number of nitrogens with two attached hydrogens (primary N) is 3. The molecule has 1 saturated carbocycles. The van der Waals surface area contributed by atoms with Crippen molar-refractivity contribution in [1.29, 1.82) is 0 Å². The number of aromatic amines is 2. The number of amides is 3. The van der Waals surface area contributed by atoms with E-state index < -0.39 is 98.3 Å². The van der Waals surface area contributed by atoms with Crippen LogP contribution in [-0.4, -0.2) is 273 Å². The number of carbonyl (C=O) groups excluding carboxylic acids is 4. The molecular formula is C62H96Cl2N14O18S. The van der Waals surface area contributed by atoms with E-state index in [1.807, 2.05) is 62.2 Å². The molecule has 542 valence electrons. The molecule has 10 rings (SSSR count). The lowest BCUT2D eigenvalue weighted by atomic mass is 9.47. The molecule has 2 bridgehead atoms. The van der Waals surface area contributed by atoms with E-state index in [1.54, 1.807) is 28.1 Å². The molecule has 2 aromatic heterocycles. The van der Waals surface area contributed by atoms with Crippen LogP contribution >= 0.6 is 23.2 Å². The number of aliphatic hydroxyl groups is 7. The number of fused-ring (bicyclic) bond motifs is 6. The Hall–Kier alpha value is -6.38. The van der Waals surface area contributed by atoms with Gasteiger partial charge in [-0.15, -0.1) is 28.3 Å². The first-order valence-electron chi connectivity index (χ1n) is 31.7. The van der Waals surface area contributed by atoms with E-state index in [0.29, 0.717) is 101 Å². The summed E-state index contributed by atoms with van der Waals surface area (Å²) in [6.07, 6.45) is 1.20. The van der Waals surface area contributed by atoms with Crippen LogP contribution in [0.1, 0.15) is 85.7 Å². The Morgan fingerprint density at radius 3 is 2.06 bits per heavy atom. The lowest BCUT2D eigenvalue weighted by Gasteiger charge is -2.63. The molecule has 14 atom stereocenters. The number of piperidine rings is 1. The number of carbonyl (C=O) groups is 4. The maximum atomic E-state index is 15.2. The minimum Gasteiger partial charge on any atom is -0.496 e. The molecule has 1 spiro atoms. The molecule has 2 aromatic carbocycles. The number of likely N-dealkylation sites (N-methyl/N-ethyl adjacent to an activating group) is 1. The average molecular weight is 1430 g/mol. The smallest absolute Gasteiger partial charge is 0.404 e. The van der Waals surface area contributed by atoms with Gasteiger partial charge in [-0.25, -0.2) is 9.78 Å². The highest BCUT2D eigenvalue weighted by molar-refractivity contribution is 7.79. The van der Waals surface area contributed by atoms with Crippen LogP contribution in [-0.2, 0) is 46.7 Å². The number of anilines is 1. The van der Waals surface area contributed by atoms with Crippen molar-refractivity contribution in [2.24, 2.45) is 38.9 Å². The number of benzene rings is 2. The summed E-state index contributed by atoms with van der Waals surface area (Å²) in [6, 6.07) is 11.0. The minimum atomic E-state index is -4.67. The van der Waals surface area contributed by atoms with Gasteiger partial charge in [0, 0.05) is 136 Å². The van der Waals surface area contributed by atoms with Gasteiger partial charge in [0.2, 0.25) is 0 Å². The third-order valence-electron chi connectivity index (χ3n) is 19.1. The molecule has 0 radical (unpaired) electrons. The Morgan fingerprint density at radius 2 is 1.54 bits per heavy atom. The molecular weight excluding hydrogens is 1330 g/mol. The molecule has 1 aliphatic carbocycles. The molecule has 19 N–H and O–H groups in total. The number of ether oxygens (including phenoxy) is 3. The molecule has 0 unspecified atom stereocenters. The second-order valence-corrected chi connectivity index (χ2v) is 26.7. The van der Waals surface area contributed by atoms with E-state index in [2.05, 4.69) is 68.3 Å². The van der Waals surface area contributed by atoms with Gasteiger partial charge in [-0.2, -0.15) is 8.42 Å². The fourth-order valence-corrected chi connectivity index (χ4v) is 15.5. The number of nitrogens with one attached hydrogen (secondary N) is 4. The number of primary amides is 3. The number of hydrogen-bond acceptors (Lipinski definition) is 24. The normalized spacial score (nSPS) is 28.0. The number of methoxy groups -OCH3 is 2. The van der Waals surface area contributed by atoms with Crippen molar-refractivity contribution >= 4 is 79.9 Å². The van der Waals surface area contributed by atoms with Crippen LogP contribution < -0.4 is 37.5 Å². The second-order valence-electron chi connectivity index (χ2n) is 25.1. The van der Waals surface area contributed by atoms with Crippen LogP contribution in [0.4, 0.5) is 16.3 Å². The number of nitrogens with zero attached hydrogens (tertiary/aromatic N) is 7. The lowest BCUT2D eigenvalue weighted by molar-refractivity contribution is -0.201. The first-order valence-corrected chi connectivity index (χ1v) is 34.2. The highest BCUT2D eigenvalue weighted by Gasteiger charge is 2.78. The molecule has 4 aromatic rings. The van der Waals surface area contributed by atoms with Gasteiger partial charge >= 0.3 is 22.5 Å².